The molecule has 0 aliphatic heterocycles. The van der Waals surface area contributed by atoms with E-state index >= 15 is 0 Å². The van der Waals surface area contributed by atoms with Gasteiger partial charge in [-0.05, 0) is 24.5 Å². The number of hydrogen-bond acceptors (Lipinski definition) is 3. The quantitative estimate of drug-likeness (QED) is 0.748. The SMILES string of the molecule is CC1CC1c1ccc(C(N)C#N)o1. The van der Waals surface area contributed by atoms with Gasteiger partial charge in [-0.25, -0.2) is 0 Å². The average Bonchev–Trinajstić information content (AvgIpc) is 2.70. The summed E-state index contributed by atoms with van der Waals surface area (Å²) < 4.78 is 5.48. The Morgan fingerprint density at radius 2 is 2.38 bits per heavy atom. The molecule has 0 spiro atoms. The van der Waals surface area contributed by atoms with E-state index < -0.39 is 6.04 Å². The summed E-state index contributed by atoms with van der Waals surface area (Å²) in [5, 5.41) is 8.57. The molecule has 2 N–H and O–H groups in total. The zero-order valence-electron chi connectivity index (χ0n) is 7.53. The van der Waals surface area contributed by atoms with Crippen molar-refractivity contribution in [1.82, 2.24) is 0 Å². The van der Waals surface area contributed by atoms with Crippen molar-refractivity contribution in [2.24, 2.45) is 11.7 Å². The van der Waals surface area contributed by atoms with Crippen LogP contribution in [0.3, 0.4) is 0 Å². The Morgan fingerprint density at radius 3 is 2.92 bits per heavy atom. The van der Waals surface area contributed by atoms with Crippen molar-refractivity contribution >= 4 is 0 Å². The third kappa shape index (κ3) is 1.45. The van der Waals surface area contributed by atoms with E-state index in [2.05, 4.69) is 6.92 Å². The highest BCUT2D eigenvalue weighted by Gasteiger charge is 2.36. The normalized spacial score (nSPS) is 28.1. The lowest BCUT2D eigenvalue weighted by molar-refractivity contribution is 0.452. The summed E-state index contributed by atoms with van der Waals surface area (Å²) >= 11 is 0. The molecule has 68 valence electrons. The van der Waals surface area contributed by atoms with Crippen LogP contribution in [0.4, 0.5) is 0 Å². The van der Waals surface area contributed by atoms with Crippen LogP contribution in [0.25, 0.3) is 0 Å². The fraction of sp³-hybridized carbons (Fsp3) is 0.500. The zero-order chi connectivity index (χ0) is 9.42. The van der Waals surface area contributed by atoms with Gasteiger partial charge in [0.05, 0.1) is 6.07 Å². The molecule has 0 bridgehead atoms. The number of furan rings is 1. The lowest BCUT2D eigenvalue weighted by Gasteiger charge is -1.96. The van der Waals surface area contributed by atoms with Crippen LogP contribution in [0, 0.1) is 17.2 Å². The van der Waals surface area contributed by atoms with E-state index in [9.17, 15) is 0 Å². The first kappa shape index (κ1) is 8.33. The van der Waals surface area contributed by atoms with Crippen LogP contribution in [0.2, 0.25) is 0 Å². The minimum atomic E-state index is -0.622. The highest BCUT2D eigenvalue weighted by molar-refractivity contribution is 5.21. The van der Waals surface area contributed by atoms with Crippen molar-refractivity contribution in [1.29, 1.82) is 5.26 Å². The van der Waals surface area contributed by atoms with Gasteiger partial charge in [0.25, 0.3) is 0 Å². The van der Waals surface area contributed by atoms with Crippen LogP contribution in [0.1, 0.15) is 36.8 Å². The maximum Gasteiger partial charge on any atom is 0.151 e. The van der Waals surface area contributed by atoms with E-state index in [1.807, 2.05) is 12.1 Å². The van der Waals surface area contributed by atoms with Gasteiger partial charge in [0.15, 0.2) is 6.04 Å². The fourth-order valence-electron chi connectivity index (χ4n) is 1.52. The van der Waals surface area contributed by atoms with Crippen molar-refractivity contribution in [2.75, 3.05) is 0 Å². The molecule has 1 aromatic heterocycles. The molecule has 1 saturated carbocycles. The summed E-state index contributed by atoms with van der Waals surface area (Å²) in [5.74, 6) is 2.83. The van der Waals surface area contributed by atoms with Crippen LogP contribution in [0.15, 0.2) is 16.5 Å². The van der Waals surface area contributed by atoms with Gasteiger partial charge in [-0.3, -0.25) is 0 Å². The molecule has 1 fully saturated rings. The molecule has 0 aromatic carbocycles. The minimum absolute atomic E-state index is 0.555. The van der Waals surface area contributed by atoms with E-state index in [1.165, 1.54) is 6.42 Å². The third-order valence-electron chi connectivity index (χ3n) is 2.57. The first-order chi connectivity index (χ1) is 6.22. The second-order valence-electron chi connectivity index (χ2n) is 3.67. The van der Waals surface area contributed by atoms with Gasteiger partial charge in [0.2, 0.25) is 0 Å². The summed E-state index contributed by atoms with van der Waals surface area (Å²) in [6.07, 6.45) is 1.19. The number of rotatable bonds is 2. The summed E-state index contributed by atoms with van der Waals surface area (Å²) in [4.78, 5) is 0. The Hall–Kier alpha value is -1.27. The van der Waals surface area contributed by atoms with Gasteiger partial charge >= 0.3 is 0 Å². The van der Waals surface area contributed by atoms with E-state index in [-0.39, 0.29) is 0 Å². The highest BCUT2D eigenvalue weighted by atomic mass is 16.3. The molecule has 3 nitrogen and oxygen atoms in total. The second-order valence-corrected chi connectivity index (χ2v) is 3.67. The molecule has 0 radical (unpaired) electrons. The van der Waals surface area contributed by atoms with E-state index in [1.54, 1.807) is 6.07 Å². The predicted molar refractivity (Wildman–Crippen MR) is 47.8 cm³/mol. The van der Waals surface area contributed by atoms with Crippen molar-refractivity contribution in [3.05, 3.63) is 23.7 Å². The lowest BCUT2D eigenvalue weighted by Crippen LogP contribution is -2.05. The molecule has 3 unspecified atom stereocenters. The first-order valence-electron chi connectivity index (χ1n) is 4.47. The van der Waals surface area contributed by atoms with Crippen molar-refractivity contribution in [3.8, 4) is 6.07 Å². The van der Waals surface area contributed by atoms with Crippen molar-refractivity contribution < 1.29 is 4.42 Å². The van der Waals surface area contributed by atoms with Crippen molar-refractivity contribution in [2.45, 2.75) is 25.3 Å². The van der Waals surface area contributed by atoms with E-state index in [0.717, 1.165) is 11.7 Å². The number of nitriles is 1. The van der Waals surface area contributed by atoms with Crippen molar-refractivity contribution in [3.63, 3.8) is 0 Å². The molecular formula is C10H12N2O. The van der Waals surface area contributed by atoms with Gasteiger partial charge in [0.1, 0.15) is 11.5 Å². The van der Waals surface area contributed by atoms with Gasteiger partial charge in [-0.15, -0.1) is 0 Å². The maximum atomic E-state index is 8.57. The number of hydrogen-bond donors (Lipinski definition) is 1. The van der Waals surface area contributed by atoms with Gasteiger partial charge in [0, 0.05) is 5.92 Å². The molecule has 1 heterocycles. The third-order valence-corrected chi connectivity index (χ3v) is 2.57. The van der Waals surface area contributed by atoms with E-state index in [0.29, 0.717) is 11.7 Å². The second kappa shape index (κ2) is 2.90. The van der Waals surface area contributed by atoms with Gasteiger partial charge in [-0.1, -0.05) is 6.92 Å². The van der Waals surface area contributed by atoms with Crippen LogP contribution < -0.4 is 5.73 Å². The highest BCUT2D eigenvalue weighted by Crippen LogP contribution is 2.47. The van der Waals surface area contributed by atoms with Crippen LogP contribution in [-0.4, -0.2) is 0 Å². The van der Waals surface area contributed by atoms with E-state index in [4.69, 9.17) is 15.4 Å². The Labute approximate surface area is 77.1 Å². The Balaban J connectivity index is 2.15. The molecule has 0 saturated heterocycles. The minimum Gasteiger partial charge on any atom is -0.463 e. The molecule has 3 heteroatoms. The van der Waals surface area contributed by atoms with Crippen LogP contribution in [-0.2, 0) is 0 Å². The monoisotopic (exact) mass is 176 g/mol. The molecule has 2 rings (SSSR count). The maximum absolute atomic E-state index is 8.57. The summed E-state index contributed by atoms with van der Waals surface area (Å²) in [6, 6.07) is 5.06. The smallest absolute Gasteiger partial charge is 0.151 e. The lowest BCUT2D eigenvalue weighted by atomic mass is 10.2. The Morgan fingerprint density at radius 1 is 1.69 bits per heavy atom. The van der Waals surface area contributed by atoms with Crippen LogP contribution in [0.5, 0.6) is 0 Å². The Bertz CT molecular complexity index is 350. The topological polar surface area (TPSA) is 63.0 Å². The molecule has 1 aliphatic carbocycles. The van der Waals surface area contributed by atoms with Crippen LogP contribution >= 0.6 is 0 Å². The molecule has 3 atom stereocenters. The predicted octanol–water partition coefficient (Wildman–Crippen LogP) is 1.93. The zero-order valence-corrected chi connectivity index (χ0v) is 7.53. The molecule has 0 amide bonds. The largest absolute Gasteiger partial charge is 0.463 e. The first-order valence-corrected chi connectivity index (χ1v) is 4.47. The van der Waals surface area contributed by atoms with Gasteiger partial charge in [-0.2, -0.15) is 5.26 Å². The molecule has 13 heavy (non-hydrogen) atoms. The van der Waals surface area contributed by atoms with Gasteiger partial charge < -0.3 is 10.2 Å². The number of nitrogens with two attached hydrogens (primary N) is 1. The summed E-state index contributed by atoms with van der Waals surface area (Å²) in [5.41, 5.74) is 5.51. The summed E-state index contributed by atoms with van der Waals surface area (Å²) in [7, 11) is 0. The standard InChI is InChI=1S/C10H12N2O/c1-6-4-7(6)9-2-3-10(13-9)8(12)5-11/h2-3,6-8H,4,12H2,1H3. The number of nitrogens with zero attached hydrogens (tertiary/aromatic N) is 1. The fourth-order valence-corrected chi connectivity index (χ4v) is 1.52. The molecular weight excluding hydrogens is 164 g/mol. The average molecular weight is 176 g/mol. The Kier molecular flexibility index (Phi) is 1.86. The summed E-state index contributed by atoms with van der Waals surface area (Å²) in [6.45, 7) is 2.19. The molecule has 1 aromatic rings. The molecule has 1 aliphatic rings.